The number of hydrogen-bond donors (Lipinski definition) is 1. The highest BCUT2D eigenvalue weighted by molar-refractivity contribution is 5.85. The summed E-state index contributed by atoms with van der Waals surface area (Å²) >= 11 is 0. The molecule has 1 N–H and O–H groups in total. The summed E-state index contributed by atoms with van der Waals surface area (Å²) in [6.07, 6.45) is 3.69. The van der Waals surface area contributed by atoms with Gasteiger partial charge in [-0.3, -0.25) is 9.25 Å². The van der Waals surface area contributed by atoms with Gasteiger partial charge in [-0.25, -0.2) is 4.98 Å². The molecule has 0 atom stereocenters. The standard InChI is InChI=1S/C17H19N5O2.ClH/c1-23-14-7-12(8-15(10-14)24-2)21-5-4-19-17(21)16-9-13-11-18-3-6-22(13)20-16;/h4-5,7-10,18H,3,6,11H2,1-2H3;1H. The van der Waals surface area contributed by atoms with Gasteiger partial charge in [-0.05, 0) is 6.07 Å². The average Bonchev–Trinajstić information content (AvgIpc) is 3.27. The molecular weight excluding hydrogens is 342 g/mol. The first kappa shape index (κ1) is 17.3. The highest BCUT2D eigenvalue weighted by Gasteiger charge is 2.17. The number of benzene rings is 1. The van der Waals surface area contributed by atoms with Crippen LogP contribution in [0.5, 0.6) is 11.5 Å². The lowest BCUT2D eigenvalue weighted by Crippen LogP contribution is -2.28. The molecule has 25 heavy (non-hydrogen) atoms. The van der Waals surface area contributed by atoms with Crippen LogP contribution < -0.4 is 14.8 Å². The second-order valence-electron chi connectivity index (χ2n) is 5.61. The Kier molecular flexibility index (Phi) is 4.96. The fourth-order valence-corrected chi connectivity index (χ4v) is 2.93. The summed E-state index contributed by atoms with van der Waals surface area (Å²) in [5, 5.41) is 8.05. The first-order valence-corrected chi connectivity index (χ1v) is 7.83. The number of aromatic nitrogens is 4. The van der Waals surface area contributed by atoms with Crippen LogP contribution >= 0.6 is 12.4 Å². The number of halogens is 1. The largest absolute Gasteiger partial charge is 0.497 e. The molecule has 0 spiro atoms. The summed E-state index contributed by atoms with van der Waals surface area (Å²) in [6, 6.07) is 7.83. The zero-order valence-corrected chi connectivity index (χ0v) is 14.9. The van der Waals surface area contributed by atoms with Crippen molar-refractivity contribution >= 4 is 12.4 Å². The maximum absolute atomic E-state index is 5.37. The Balaban J connectivity index is 0.00000182. The number of hydrogen-bond acceptors (Lipinski definition) is 5. The normalized spacial score (nSPS) is 13.0. The van der Waals surface area contributed by atoms with Gasteiger partial charge in [0.1, 0.15) is 17.2 Å². The van der Waals surface area contributed by atoms with Gasteiger partial charge in [0.2, 0.25) is 0 Å². The van der Waals surface area contributed by atoms with Crippen molar-refractivity contribution in [1.29, 1.82) is 0 Å². The molecule has 1 aliphatic rings. The highest BCUT2D eigenvalue weighted by atomic mass is 35.5. The summed E-state index contributed by atoms with van der Waals surface area (Å²) in [6.45, 7) is 2.65. The van der Waals surface area contributed by atoms with Gasteiger partial charge in [0, 0.05) is 43.7 Å². The molecule has 0 unspecified atom stereocenters. The Morgan fingerprint density at radius 3 is 2.52 bits per heavy atom. The van der Waals surface area contributed by atoms with Crippen LogP contribution in [-0.4, -0.2) is 40.1 Å². The van der Waals surface area contributed by atoms with Gasteiger partial charge in [-0.2, -0.15) is 5.10 Å². The van der Waals surface area contributed by atoms with Gasteiger partial charge in [-0.15, -0.1) is 12.4 Å². The minimum atomic E-state index is 0. The first-order valence-electron chi connectivity index (χ1n) is 7.83. The molecule has 3 aromatic rings. The molecular formula is C17H20ClN5O2. The van der Waals surface area contributed by atoms with E-state index in [4.69, 9.17) is 14.6 Å². The van der Waals surface area contributed by atoms with E-state index in [0.717, 1.165) is 48.3 Å². The number of rotatable bonds is 4. The second-order valence-corrected chi connectivity index (χ2v) is 5.61. The van der Waals surface area contributed by atoms with Crippen molar-refractivity contribution in [1.82, 2.24) is 24.6 Å². The minimum Gasteiger partial charge on any atom is -0.497 e. The number of ether oxygens (including phenoxy) is 2. The van der Waals surface area contributed by atoms with Crippen molar-refractivity contribution in [2.75, 3.05) is 20.8 Å². The molecule has 0 radical (unpaired) electrons. The summed E-state index contributed by atoms with van der Waals surface area (Å²) in [7, 11) is 3.29. The fraction of sp³-hybridized carbons (Fsp3) is 0.294. The van der Waals surface area contributed by atoms with Gasteiger partial charge < -0.3 is 14.8 Å². The van der Waals surface area contributed by atoms with Crippen LogP contribution in [0.2, 0.25) is 0 Å². The van der Waals surface area contributed by atoms with Crippen LogP contribution in [0.4, 0.5) is 0 Å². The van der Waals surface area contributed by atoms with E-state index in [0.29, 0.717) is 0 Å². The second kappa shape index (κ2) is 7.16. The van der Waals surface area contributed by atoms with Crippen molar-refractivity contribution in [3.05, 3.63) is 42.4 Å². The summed E-state index contributed by atoms with van der Waals surface area (Å²) in [5.41, 5.74) is 2.96. The SMILES string of the molecule is COc1cc(OC)cc(-n2ccnc2-c2cc3n(n2)CCNC3)c1.Cl. The third-order valence-corrected chi connectivity index (χ3v) is 4.15. The number of methoxy groups -OCH3 is 2. The molecule has 0 bridgehead atoms. The molecule has 2 aromatic heterocycles. The lowest BCUT2D eigenvalue weighted by Gasteiger charge is -2.13. The third kappa shape index (κ3) is 3.20. The smallest absolute Gasteiger partial charge is 0.165 e. The zero-order valence-electron chi connectivity index (χ0n) is 14.1. The van der Waals surface area contributed by atoms with E-state index in [1.807, 2.05) is 33.6 Å². The van der Waals surface area contributed by atoms with Gasteiger partial charge >= 0.3 is 0 Å². The van der Waals surface area contributed by atoms with Crippen LogP contribution in [-0.2, 0) is 13.1 Å². The average molecular weight is 362 g/mol. The van der Waals surface area contributed by atoms with Crippen molar-refractivity contribution in [2.45, 2.75) is 13.1 Å². The molecule has 0 amide bonds. The van der Waals surface area contributed by atoms with Gasteiger partial charge in [0.05, 0.1) is 32.1 Å². The Labute approximate surface area is 152 Å². The highest BCUT2D eigenvalue weighted by Crippen LogP contribution is 2.28. The Hall–Kier alpha value is -2.51. The minimum absolute atomic E-state index is 0. The van der Waals surface area contributed by atoms with Crippen molar-refractivity contribution in [2.24, 2.45) is 0 Å². The van der Waals surface area contributed by atoms with Crippen molar-refractivity contribution in [3.8, 4) is 28.7 Å². The number of fused-ring (bicyclic) bond motifs is 1. The van der Waals surface area contributed by atoms with Crippen LogP contribution in [0.25, 0.3) is 17.2 Å². The van der Waals surface area contributed by atoms with Crippen molar-refractivity contribution < 1.29 is 9.47 Å². The predicted molar refractivity (Wildman–Crippen MR) is 96.8 cm³/mol. The predicted octanol–water partition coefficient (Wildman–Crippen LogP) is 2.28. The van der Waals surface area contributed by atoms with E-state index in [1.54, 1.807) is 20.4 Å². The molecule has 7 nitrogen and oxygen atoms in total. The molecule has 4 rings (SSSR count). The van der Waals surface area contributed by atoms with Crippen LogP contribution in [0, 0.1) is 0 Å². The maximum Gasteiger partial charge on any atom is 0.165 e. The molecule has 132 valence electrons. The first-order chi connectivity index (χ1) is 11.8. The number of nitrogens with one attached hydrogen (secondary N) is 1. The lowest BCUT2D eigenvalue weighted by atomic mass is 10.2. The van der Waals surface area contributed by atoms with E-state index < -0.39 is 0 Å². The summed E-state index contributed by atoms with van der Waals surface area (Å²) < 4.78 is 14.8. The van der Waals surface area contributed by atoms with Crippen LogP contribution in [0.3, 0.4) is 0 Å². The monoisotopic (exact) mass is 361 g/mol. The zero-order chi connectivity index (χ0) is 16.5. The molecule has 0 fully saturated rings. The number of nitrogens with zero attached hydrogens (tertiary/aromatic N) is 4. The Bertz CT molecular complexity index is 828. The molecule has 1 aromatic carbocycles. The van der Waals surface area contributed by atoms with Gasteiger partial charge in [0.25, 0.3) is 0 Å². The molecule has 8 heteroatoms. The quantitative estimate of drug-likeness (QED) is 0.772. The molecule has 0 saturated heterocycles. The van der Waals surface area contributed by atoms with Crippen LogP contribution in [0.15, 0.2) is 36.7 Å². The number of imidazole rings is 1. The molecule has 0 aliphatic carbocycles. The fourth-order valence-electron chi connectivity index (χ4n) is 2.93. The van der Waals surface area contributed by atoms with Crippen LogP contribution in [0.1, 0.15) is 5.69 Å². The molecule has 0 saturated carbocycles. The topological polar surface area (TPSA) is 66.1 Å². The summed E-state index contributed by atoms with van der Waals surface area (Å²) in [4.78, 5) is 4.50. The molecule has 3 heterocycles. The van der Waals surface area contributed by atoms with E-state index in [-0.39, 0.29) is 12.4 Å². The van der Waals surface area contributed by atoms with Gasteiger partial charge in [0.15, 0.2) is 5.82 Å². The van der Waals surface area contributed by atoms with Crippen molar-refractivity contribution in [3.63, 3.8) is 0 Å². The summed E-state index contributed by atoms with van der Waals surface area (Å²) in [5.74, 6) is 2.27. The maximum atomic E-state index is 5.37. The van der Waals surface area contributed by atoms with E-state index in [9.17, 15) is 0 Å². The van der Waals surface area contributed by atoms with Gasteiger partial charge in [-0.1, -0.05) is 0 Å². The Morgan fingerprint density at radius 1 is 1.08 bits per heavy atom. The molecule has 1 aliphatic heterocycles. The Morgan fingerprint density at radius 2 is 1.84 bits per heavy atom. The van der Waals surface area contributed by atoms with E-state index >= 15 is 0 Å². The third-order valence-electron chi connectivity index (χ3n) is 4.15. The van der Waals surface area contributed by atoms with E-state index in [1.165, 1.54) is 5.69 Å². The lowest BCUT2D eigenvalue weighted by molar-refractivity contribution is 0.394. The van der Waals surface area contributed by atoms with E-state index in [2.05, 4.69) is 16.4 Å².